The van der Waals surface area contributed by atoms with Crippen molar-refractivity contribution in [2.75, 3.05) is 26.2 Å². The Labute approximate surface area is 161 Å². The van der Waals surface area contributed by atoms with Crippen LogP contribution in [0.15, 0.2) is 15.8 Å². The quantitative estimate of drug-likeness (QED) is 0.762. The van der Waals surface area contributed by atoms with E-state index >= 15 is 0 Å². The summed E-state index contributed by atoms with van der Waals surface area (Å²) in [4.78, 5) is 26.8. The predicted molar refractivity (Wildman–Crippen MR) is 106 cm³/mol. The molecule has 1 aromatic rings. The van der Waals surface area contributed by atoms with Crippen molar-refractivity contribution in [1.29, 1.82) is 0 Å². The molecule has 3 unspecified atom stereocenters. The summed E-state index contributed by atoms with van der Waals surface area (Å²) in [6.45, 7) is 6.28. The lowest BCUT2D eigenvalue weighted by Crippen LogP contribution is -2.44. The fourth-order valence-corrected chi connectivity index (χ4v) is 4.40. The van der Waals surface area contributed by atoms with E-state index in [1.807, 2.05) is 0 Å². The molecule has 152 valence electrons. The molecule has 0 bridgehead atoms. The van der Waals surface area contributed by atoms with Crippen LogP contribution in [0.1, 0.15) is 44.6 Å². The maximum atomic E-state index is 12.5. The summed E-state index contributed by atoms with van der Waals surface area (Å²) >= 11 is 0. The van der Waals surface area contributed by atoms with Gasteiger partial charge < -0.3 is 14.6 Å². The number of ether oxygens (including phenoxy) is 1. The second-order valence-electron chi connectivity index (χ2n) is 8.20. The van der Waals surface area contributed by atoms with Gasteiger partial charge in [0.25, 0.3) is 5.56 Å². The van der Waals surface area contributed by atoms with Crippen molar-refractivity contribution in [2.24, 2.45) is 20.0 Å². The topological polar surface area (TPSA) is 68.5 Å². The molecule has 1 aromatic heterocycles. The first kappa shape index (κ1) is 20.3. The highest BCUT2D eigenvalue weighted by Gasteiger charge is 2.25. The van der Waals surface area contributed by atoms with Crippen LogP contribution in [0.25, 0.3) is 0 Å². The minimum atomic E-state index is -0.285. The van der Waals surface area contributed by atoms with Crippen LogP contribution in [0.5, 0.6) is 0 Å². The first-order valence-corrected chi connectivity index (χ1v) is 10.3. The zero-order chi connectivity index (χ0) is 19.4. The fourth-order valence-electron chi connectivity index (χ4n) is 4.40. The van der Waals surface area contributed by atoms with Crippen LogP contribution in [0.4, 0.5) is 0 Å². The lowest BCUT2D eigenvalue weighted by molar-refractivity contribution is -0.0182. The van der Waals surface area contributed by atoms with Crippen molar-refractivity contribution in [1.82, 2.24) is 19.4 Å². The van der Waals surface area contributed by atoms with Gasteiger partial charge in [-0.25, -0.2) is 4.79 Å². The van der Waals surface area contributed by atoms with Crippen LogP contribution in [0.2, 0.25) is 0 Å². The van der Waals surface area contributed by atoms with Gasteiger partial charge in [0, 0.05) is 51.5 Å². The number of rotatable bonds is 7. The number of nitrogens with zero attached hydrogens (tertiary/aromatic N) is 3. The molecule has 27 heavy (non-hydrogen) atoms. The molecule has 2 aliphatic rings. The molecule has 7 heteroatoms. The van der Waals surface area contributed by atoms with E-state index in [4.69, 9.17) is 4.74 Å². The van der Waals surface area contributed by atoms with Gasteiger partial charge in [-0.1, -0.05) is 19.8 Å². The molecule has 0 aromatic carbocycles. The monoisotopic (exact) mass is 378 g/mol. The van der Waals surface area contributed by atoms with E-state index in [1.165, 1.54) is 28.4 Å². The smallest absolute Gasteiger partial charge is 0.330 e. The summed E-state index contributed by atoms with van der Waals surface area (Å²) < 4.78 is 8.90. The molecular weight excluding hydrogens is 344 g/mol. The molecule has 1 N–H and O–H groups in total. The molecule has 1 aliphatic heterocycles. The Morgan fingerprint density at radius 3 is 2.70 bits per heavy atom. The van der Waals surface area contributed by atoms with E-state index in [0.717, 1.165) is 32.5 Å². The molecule has 7 nitrogen and oxygen atoms in total. The van der Waals surface area contributed by atoms with Crippen LogP contribution in [0, 0.1) is 5.92 Å². The zero-order valence-corrected chi connectivity index (χ0v) is 16.9. The first-order valence-electron chi connectivity index (χ1n) is 10.3. The Kier molecular flexibility index (Phi) is 6.89. The van der Waals surface area contributed by atoms with Crippen LogP contribution < -0.4 is 16.6 Å². The normalized spacial score (nSPS) is 26.0. The van der Waals surface area contributed by atoms with Gasteiger partial charge in [0.15, 0.2) is 0 Å². The summed E-state index contributed by atoms with van der Waals surface area (Å²) in [5.41, 5.74) is 0.181. The number of aryl methyl sites for hydroxylation is 1. The summed E-state index contributed by atoms with van der Waals surface area (Å²) in [6.07, 6.45) is 8.13. The Morgan fingerprint density at radius 1 is 1.22 bits per heavy atom. The van der Waals surface area contributed by atoms with Gasteiger partial charge in [0.2, 0.25) is 0 Å². The fraction of sp³-hybridized carbons (Fsp3) is 0.800. The van der Waals surface area contributed by atoms with Crippen molar-refractivity contribution >= 4 is 0 Å². The van der Waals surface area contributed by atoms with Crippen molar-refractivity contribution < 1.29 is 4.74 Å². The van der Waals surface area contributed by atoms with Gasteiger partial charge in [-0.05, 0) is 31.7 Å². The summed E-state index contributed by atoms with van der Waals surface area (Å²) in [5.74, 6) is 0.635. The third kappa shape index (κ3) is 4.89. The van der Waals surface area contributed by atoms with Crippen molar-refractivity contribution in [3.8, 4) is 0 Å². The van der Waals surface area contributed by atoms with Crippen molar-refractivity contribution in [3.05, 3.63) is 32.6 Å². The van der Waals surface area contributed by atoms with E-state index in [9.17, 15) is 9.59 Å². The number of hydrogen-bond acceptors (Lipinski definition) is 5. The molecule has 1 saturated heterocycles. The van der Waals surface area contributed by atoms with E-state index in [-0.39, 0.29) is 11.2 Å². The molecule has 1 saturated carbocycles. The number of nitrogens with one attached hydrogen (secondary N) is 1. The highest BCUT2D eigenvalue weighted by Crippen LogP contribution is 2.26. The highest BCUT2D eigenvalue weighted by atomic mass is 16.5. The second-order valence-corrected chi connectivity index (χ2v) is 8.20. The second kappa shape index (κ2) is 9.17. The first-order chi connectivity index (χ1) is 13.0. The lowest BCUT2D eigenvalue weighted by Gasteiger charge is -2.32. The average molecular weight is 379 g/mol. The largest absolute Gasteiger partial charge is 0.377 e. The molecule has 0 radical (unpaired) electrons. The average Bonchev–Trinajstić information content (AvgIpc) is 3.19. The Hall–Kier alpha value is -1.44. The highest BCUT2D eigenvalue weighted by molar-refractivity contribution is 5.06. The molecule has 0 amide bonds. The summed E-state index contributed by atoms with van der Waals surface area (Å²) in [6, 6.07) is 0.402. The Balaban J connectivity index is 1.67. The van der Waals surface area contributed by atoms with Gasteiger partial charge in [-0.3, -0.25) is 14.3 Å². The minimum absolute atomic E-state index is 0.198. The van der Waals surface area contributed by atoms with Gasteiger partial charge in [-0.2, -0.15) is 0 Å². The van der Waals surface area contributed by atoms with Crippen LogP contribution in [-0.4, -0.2) is 52.4 Å². The van der Waals surface area contributed by atoms with Crippen LogP contribution >= 0.6 is 0 Å². The van der Waals surface area contributed by atoms with Gasteiger partial charge >= 0.3 is 5.69 Å². The molecule has 3 atom stereocenters. The van der Waals surface area contributed by atoms with E-state index in [1.54, 1.807) is 20.3 Å². The maximum absolute atomic E-state index is 12.5. The summed E-state index contributed by atoms with van der Waals surface area (Å²) in [5, 5.41) is 3.41. The third-order valence-corrected chi connectivity index (χ3v) is 6.18. The molecule has 2 fully saturated rings. The van der Waals surface area contributed by atoms with E-state index < -0.39 is 0 Å². The number of aromatic nitrogens is 2. The Morgan fingerprint density at radius 2 is 2.00 bits per heavy atom. The van der Waals surface area contributed by atoms with E-state index in [2.05, 4.69) is 17.1 Å². The minimum Gasteiger partial charge on any atom is -0.377 e. The molecule has 3 rings (SSSR count). The zero-order valence-electron chi connectivity index (χ0n) is 16.9. The SMILES string of the molecule is CC1CCCCC1OCCN(Cc1cn(C)c(=O)n(C)c1=O)C1CCNC1. The summed E-state index contributed by atoms with van der Waals surface area (Å²) in [7, 11) is 3.24. The Bertz CT molecular complexity index is 736. The third-order valence-electron chi connectivity index (χ3n) is 6.18. The van der Waals surface area contributed by atoms with Gasteiger partial charge in [0.1, 0.15) is 0 Å². The standard InChI is InChI=1S/C20H34N4O3/c1-15-6-4-5-7-18(15)27-11-10-24(17-8-9-21-12-17)14-16-13-22(2)20(26)23(3)19(16)25/h13,15,17-18,21H,4-12,14H2,1-3H3. The van der Waals surface area contributed by atoms with Crippen molar-refractivity contribution in [3.63, 3.8) is 0 Å². The lowest BCUT2D eigenvalue weighted by atomic mass is 9.88. The van der Waals surface area contributed by atoms with Gasteiger partial charge in [-0.15, -0.1) is 0 Å². The molecule has 2 heterocycles. The molecule has 0 spiro atoms. The van der Waals surface area contributed by atoms with E-state index in [0.29, 0.717) is 36.8 Å². The number of hydrogen-bond donors (Lipinski definition) is 1. The van der Waals surface area contributed by atoms with Crippen LogP contribution in [0.3, 0.4) is 0 Å². The van der Waals surface area contributed by atoms with Crippen molar-refractivity contribution in [2.45, 2.75) is 57.7 Å². The van der Waals surface area contributed by atoms with Crippen LogP contribution in [-0.2, 0) is 25.4 Å². The molecular formula is C20H34N4O3. The maximum Gasteiger partial charge on any atom is 0.330 e. The van der Waals surface area contributed by atoms with Gasteiger partial charge in [0.05, 0.1) is 12.7 Å². The predicted octanol–water partition coefficient (Wildman–Crippen LogP) is 0.843. The molecule has 1 aliphatic carbocycles.